The summed E-state index contributed by atoms with van der Waals surface area (Å²) in [7, 11) is 1.52. The molecule has 0 fully saturated rings. The smallest absolute Gasteiger partial charge is 0.321 e. The highest BCUT2D eigenvalue weighted by Crippen LogP contribution is 2.17. The SMILES string of the molecule is COCCOCNC(=O)Nc1c(F)cccc1F. The summed E-state index contributed by atoms with van der Waals surface area (Å²) in [5.41, 5.74) is -0.494. The largest absolute Gasteiger partial charge is 0.382 e. The van der Waals surface area contributed by atoms with Crippen LogP contribution in [0.25, 0.3) is 0 Å². The maximum absolute atomic E-state index is 13.2. The first-order valence-corrected chi connectivity index (χ1v) is 5.20. The number of benzene rings is 1. The minimum Gasteiger partial charge on any atom is -0.382 e. The van der Waals surface area contributed by atoms with E-state index in [-0.39, 0.29) is 6.73 Å². The Labute approximate surface area is 103 Å². The van der Waals surface area contributed by atoms with Gasteiger partial charge in [0.1, 0.15) is 24.1 Å². The number of para-hydroxylation sites is 1. The molecule has 0 unspecified atom stereocenters. The number of ether oxygens (including phenoxy) is 2. The van der Waals surface area contributed by atoms with Crippen LogP contribution in [-0.2, 0) is 9.47 Å². The van der Waals surface area contributed by atoms with E-state index in [9.17, 15) is 13.6 Å². The van der Waals surface area contributed by atoms with Crippen molar-refractivity contribution >= 4 is 11.7 Å². The van der Waals surface area contributed by atoms with Crippen molar-refractivity contribution in [3.05, 3.63) is 29.8 Å². The molecule has 0 aliphatic rings. The number of amides is 2. The number of methoxy groups -OCH3 is 1. The van der Waals surface area contributed by atoms with E-state index in [1.807, 2.05) is 0 Å². The minimum absolute atomic E-state index is 0.0781. The zero-order valence-corrected chi connectivity index (χ0v) is 9.83. The molecule has 2 amide bonds. The number of anilines is 1. The van der Waals surface area contributed by atoms with Crippen molar-refractivity contribution in [2.24, 2.45) is 0 Å². The first-order valence-electron chi connectivity index (χ1n) is 5.20. The van der Waals surface area contributed by atoms with E-state index in [2.05, 4.69) is 10.6 Å². The molecule has 5 nitrogen and oxygen atoms in total. The van der Waals surface area contributed by atoms with Gasteiger partial charge in [0, 0.05) is 7.11 Å². The maximum atomic E-state index is 13.2. The Morgan fingerprint density at radius 1 is 1.28 bits per heavy atom. The molecular formula is C11H14F2N2O3. The molecule has 0 spiro atoms. The summed E-state index contributed by atoms with van der Waals surface area (Å²) in [5.74, 6) is -1.68. The van der Waals surface area contributed by atoms with E-state index in [1.54, 1.807) is 0 Å². The fourth-order valence-corrected chi connectivity index (χ4v) is 1.11. The molecule has 2 N–H and O–H groups in total. The van der Waals surface area contributed by atoms with Gasteiger partial charge in [-0.3, -0.25) is 0 Å². The lowest BCUT2D eigenvalue weighted by Crippen LogP contribution is -2.31. The number of urea groups is 1. The molecule has 0 aliphatic carbocycles. The van der Waals surface area contributed by atoms with Crippen molar-refractivity contribution in [1.29, 1.82) is 0 Å². The topological polar surface area (TPSA) is 59.6 Å². The zero-order valence-electron chi connectivity index (χ0n) is 9.83. The summed E-state index contributed by atoms with van der Waals surface area (Å²) in [6.07, 6.45) is 0. The van der Waals surface area contributed by atoms with E-state index in [0.29, 0.717) is 13.2 Å². The van der Waals surface area contributed by atoms with Crippen molar-refractivity contribution in [3.63, 3.8) is 0 Å². The molecule has 0 radical (unpaired) electrons. The fraction of sp³-hybridized carbons (Fsp3) is 0.364. The van der Waals surface area contributed by atoms with Crippen LogP contribution in [0.4, 0.5) is 19.3 Å². The highest BCUT2D eigenvalue weighted by molar-refractivity contribution is 5.89. The molecule has 0 aromatic heterocycles. The van der Waals surface area contributed by atoms with Crippen LogP contribution >= 0.6 is 0 Å². The van der Waals surface area contributed by atoms with Crippen LogP contribution in [0.2, 0.25) is 0 Å². The molecule has 1 aromatic rings. The van der Waals surface area contributed by atoms with Gasteiger partial charge in [-0.25, -0.2) is 13.6 Å². The summed E-state index contributed by atoms with van der Waals surface area (Å²) < 4.78 is 36.0. The summed E-state index contributed by atoms with van der Waals surface area (Å²) >= 11 is 0. The molecule has 0 saturated carbocycles. The first kappa shape index (κ1) is 14.3. The molecule has 18 heavy (non-hydrogen) atoms. The Bertz CT molecular complexity index is 382. The van der Waals surface area contributed by atoms with Crippen LogP contribution in [-0.4, -0.2) is 33.1 Å². The van der Waals surface area contributed by atoms with Gasteiger partial charge < -0.3 is 20.1 Å². The van der Waals surface area contributed by atoms with Gasteiger partial charge in [-0.15, -0.1) is 0 Å². The molecule has 0 saturated heterocycles. The van der Waals surface area contributed by atoms with Gasteiger partial charge in [-0.1, -0.05) is 6.07 Å². The summed E-state index contributed by atoms with van der Waals surface area (Å²) in [5, 5.41) is 4.34. The van der Waals surface area contributed by atoms with Gasteiger partial charge in [-0.2, -0.15) is 0 Å². The maximum Gasteiger partial charge on any atom is 0.321 e. The minimum atomic E-state index is -0.842. The molecule has 7 heteroatoms. The quantitative estimate of drug-likeness (QED) is 0.604. The van der Waals surface area contributed by atoms with Gasteiger partial charge >= 0.3 is 6.03 Å². The summed E-state index contributed by atoms with van der Waals surface area (Å²) in [4.78, 5) is 11.3. The first-order chi connectivity index (χ1) is 8.65. The van der Waals surface area contributed by atoms with Crippen LogP contribution in [0.1, 0.15) is 0 Å². The Hall–Kier alpha value is -1.73. The highest BCUT2D eigenvalue weighted by Gasteiger charge is 2.10. The van der Waals surface area contributed by atoms with Gasteiger partial charge in [0.05, 0.1) is 13.2 Å². The van der Waals surface area contributed by atoms with Crippen molar-refractivity contribution < 1.29 is 23.0 Å². The monoisotopic (exact) mass is 260 g/mol. The highest BCUT2D eigenvalue weighted by atomic mass is 19.1. The lowest BCUT2D eigenvalue weighted by atomic mass is 10.3. The van der Waals surface area contributed by atoms with Crippen molar-refractivity contribution in [3.8, 4) is 0 Å². The zero-order chi connectivity index (χ0) is 13.4. The van der Waals surface area contributed by atoms with E-state index >= 15 is 0 Å². The Balaban J connectivity index is 2.36. The Morgan fingerprint density at radius 3 is 2.56 bits per heavy atom. The molecular weight excluding hydrogens is 246 g/mol. The lowest BCUT2D eigenvalue weighted by molar-refractivity contribution is 0.0650. The molecule has 100 valence electrons. The van der Waals surface area contributed by atoms with Gasteiger partial charge in [-0.05, 0) is 12.1 Å². The van der Waals surface area contributed by atoms with E-state index in [1.165, 1.54) is 13.2 Å². The van der Waals surface area contributed by atoms with E-state index in [4.69, 9.17) is 9.47 Å². The fourth-order valence-electron chi connectivity index (χ4n) is 1.11. The molecule has 0 heterocycles. The molecule has 0 bridgehead atoms. The Kier molecular flexibility index (Phi) is 6.03. The van der Waals surface area contributed by atoms with Crippen LogP contribution in [0.5, 0.6) is 0 Å². The van der Waals surface area contributed by atoms with E-state index < -0.39 is 23.4 Å². The second-order valence-electron chi connectivity index (χ2n) is 3.27. The third-order valence-electron chi connectivity index (χ3n) is 1.97. The lowest BCUT2D eigenvalue weighted by Gasteiger charge is -2.09. The third-order valence-corrected chi connectivity index (χ3v) is 1.97. The van der Waals surface area contributed by atoms with E-state index in [0.717, 1.165) is 12.1 Å². The third kappa shape index (κ3) is 4.64. The van der Waals surface area contributed by atoms with Gasteiger partial charge in [0.15, 0.2) is 0 Å². The molecule has 1 aromatic carbocycles. The standard InChI is InChI=1S/C11H14F2N2O3/c1-17-5-6-18-7-14-11(16)15-10-8(12)3-2-4-9(10)13/h2-4H,5-7H2,1H3,(H2,14,15,16). The van der Waals surface area contributed by atoms with Crippen LogP contribution in [0.3, 0.4) is 0 Å². The van der Waals surface area contributed by atoms with Gasteiger partial charge in [0.2, 0.25) is 0 Å². The normalized spacial score (nSPS) is 10.2. The number of rotatable bonds is 6. The second kappa shape index (κ2) is 7.57. The summed E-state index contributed by atoms with van der Waals surface area (Å²) in [6.45, 7) is 0.626. The number of nitrogens with one attached hydrogen (secondary N) is 2. The summed E-state index contributed by atoms with van der Waals surface area (Å²) in [6, 6.07) is 2.56. The molecule has 0 aliphatic heterocycles. The average Bonchev–Trinajstić information content (AvgIpc) is 2.34. The average molecular weight is 260 g/mol. The number of carbonyl (C=O) groups is 1. The van der Waals surface area contributed by atoms with Crippen molar-refractivity contribution in [2.75, 3.05) is 32.4 Å². The predicted molar refractivity (Wildman–Crippen MR) is 61.2 cm³/mol. The number of carbonyl (C=O) groups excluding carboxylic acids is 1. The van der Waals surface area contributed by atoms with Crippen molar-refractivity contribution in [1.82, 2.24) is 5.32 Å². The predicted octanol–water partition coefficient (Wildman–Crippen LogP) is 1.71. The molecule has 0 atom stereocenters. The van der Waals surface area contributed by atoms with Crippen molar-refractivity contribution in [2.45, 2.75) is 0 Å². The van der Waals surface area contributed by atoms with Crippen LogP contribution < -0.4 is 10.6 Å². The number of hydrogen-bond acceptors (Lipinski definition) is 3. The molecule has 1 rings (SSSR count). The number of hydrogen-bond donors (Lipinski definition) is 2. The number of halogens is 2. The van der Waals surface area contributed by atoms with Crippen LogP contribution in [0, 0.1) is 11.6 Å². The van der Waals surface area contributed by atoms with Crippen LogP contribution in [0.15, 0.2) is 18.2 Å². The second-order valence-corrected chi connectivity index (χ2v) is 3.27. The van der Waals surface area contributed by atoms with Gasteiger partial charge in [0.25, 0.3) is 0 Å². The Morgan fingerprint density at radius 2 is 1.94 bits per heavy atom.